The van der Waals surface area contributed by atoms with Gasteiger partial charge in [-0.1, -0.05) is 24.3 Å². The summed E-state index contributed by atoms with van der Waals surface area (Å²) in [6, 6.07) is 11.9. The molecule has 0 spiro atoms. The Morgan fingerprint density at radius 3 is 2.32 bits per heavy atom. The number of benzene rings is 2. The molecule has 1 aliphatic rings. The lowest BCUT2D eigenvalue weighted by Crippen LogP contribution is -2.50. The zero-order valence-electron chi connectivity index (χ0n) is 17.1. The van der Waals surface area contributed by atoms with Crippen molar-refractivity contribution >= 4 is 17.5 Å². The van der Waals surface area contributed by atoms with Crippen LogP contribution in [0.3, 0.4) is 0 Å². The van der Waals surface area contributed by atoms with E-state index in [1.165, 1.54) is 18.2 Å². The Morgan fingerprint density at radius 2 is 1.65 bits per heavy atom. The van der Waals surface area contributed by atoms with Gasteiger partial charge in [0, 0.05) is 26.2 Å². The Balaban J connectivity index is 1.55. The number of amides is 2. The molecule has 0 aromatic heterocycles. The van der Waals surface area contributed by atoms with Gasteiger partial charge in [-0.3, -0.25) is 14.5 Å². The van der Waals surface area contributed by atoms with Crippen LogP contribution in [0.5, 0.6) is 5.75 Å². The van der Waals surface area contributed by atoms with Crippen LogP contribution in [0.1, 0.15) is 22.8 Å². The number of hydrogen-bond acceptors (Lipinski definition) is 4. The van der Waals surface area contributed by atoms with Crippen molar-refractivity contribution in [2.45, 2.75) is 13.1 Å². The molecule has 6 nitrogen and oxygen atoms in total. The summed E-state index contributed by atoms with van der Waals surface area (Å²) < 4.78 is 44.8. The van der Waals surface area contributed by atoms with E-state index in [0.717, 1.165) is 6.07 Å². The quantitative estimate of drug-likeness (QED) is 0.755. The number of hydrogen-bond donors (Lipinski definition) is 1. The summed E-state index contributed by atoms with van der Waals surface area (Å²) in [6.45, 7) is 3.94. The summed E-state index contributed by atoms with van der Waals surface area (Å²) in [5, 5.41) is 2.35. The van der Waals surface area contributed by atoms with E-state index < -0.39 is 17.6 Å². The Hall–Kier alpha value is -3.07. The molecule has 0 atom stereocenters. The highest BCUT2D eigenvalue weighted by Gasteiger charge is 2.33. The number of carbonyl (C=O) groups is 2. The fourth-order valence-corrected chi connectivity index (χ4v) is 3.44. The molecule has 0 unspecified atom stereocenters. The Labute approximate surface area is 178 Å². The first-order valence-electron chi connectivity index (χ1n) is 9.99. The number of nitrogens with zero attached hydrogens (tertiary/aromatic N) is 2. The first-order chi connectivity index (χ1) is 14.8. The summed E-state index contributed by atoms with van der Waals surface area (Å²) in [6.07, 6.45) is -4.55. The minimum absolute atomic E-state index is 0.0518. The van der Waals surface area contributed by atoms with Gasteiger partial charge in [0.1, 0.15) is 5.75 Å². The maximum Gasteiger partial charge on any atom is 0.418 e. The van der Waals surface area contributed by atoms with E-state index in [1.54, 1.807) is 29.2 Å². The molecular formula is C22H24F3N3O3. The molecule has 2 aromatic rings. The largest absolute Gasteiger partial charge is 0.493 e. The number of alkyl halides is 3. The van der Waals surface area contributed by atoms with Crippen molar-refractivity contribution in [3.8, 4) is 5.75 Å². The van der Waals surface area contributed by atoms with E-state index in [-0.39, 0.29) is 18.1 Å². The normalized spacial score (nSPS) is 14.9. The minimum atomic E-state index is -4.55. The Morgan fingerprint density at radius 1 is 1.00 bits per heavy atom. The molecule has 3 rings (SSSR count). The second kappa shape index (κ2) is 9.82. The fourth-order valence-electron chi connectivity index (χ4n) is 3.44. The molecule has 1 fully saturated rings. The van der Waals surface area contributed by atoms with E-state index in [1.807, 2.05) is 11.8 Å². The van der Waals surface area contributed by atoms with Crippen molar-refractivity contribution in [3.63, 3.8) is 0 Å². The maximum atomic E-state index is 13.1. The average molecular weight is 435 g/mol. The van der Waals surface area contributed by atoms with Crippen LogP contribution in [0.4, 0.5) is 18.9 Å². The third kappa shape index (κ3) is 5.75. The van der Waals surface area contributed by atoms with E-state index in [4.69, 9.17) is 4.74 Å². The van der Waals surface area contributed by atoms with Crippen molar-refractivity contribution in [1.29, 1.82) is 0 Å². The zero-order chi connectivity index (χ0) is 22.4. The van der Waals surface area contributed by atoms with Crippen LogP contribution in [0.25, 0.3) is 0 Å². The first kappa shape index (κ1) is 22.6. The summed E-state index contributed by atoms with van der Waals surface area (Å²) in [5.41, 5.74) is -0.660. The molecule has 1 saturated heterocycles. The van der Waals surface area contributed by atoms with Gasteiger partial charge in [-0.05, 0) is 31.2 Å². The molecule has 2 amide bonds. The summed E-state index contributed by atoms with van der Waals surface area (Å²) in [5.74, 6) is -0.148. The highest BCUT2D eigenvalue weighted by molar-refractivity contribution is 5.97. The number of halogens is 3. The predicted octanol–water partition coefficient (Wildman–Crippen LogP) is 3.50. The van der Waals surface area contributed by atoms with Gasteiger partial charge in [0.15, 0.2) is 0 Å². The lowest BCUT2D eigenvalue weighted by molar-refractivity contribution is -0.137. The van der Waals surface area contributed by atoms with Crippen molar-refractivity contribution in [3.05, 3.63) is 59.7 Å². The molecule has 0 aliphatic carbocycles. The molecule has 166 valence electrons. The van der Waals surface area contributed by atoms with Crippen molar-refractivity contribution < 1.29 is 27.5 Å². The molecule has 9 heteroatoms. The van der Waals surface area contributed by atoms with Crippen LogP contribution >= 0.6 is 0 Å². The second-order valence-electron chi connectivity index (χ2n) is 7.09. The SMILES string of the molecule is CCOc1ccccc1C(=O)N1CCN(CC(=O)Nc2ccccc2C(F)(F)F)CC1. The number of nitrogens with one attached hydrogen (secondary N) is 1. The molecule has 2 aromatic carbocycles. The third-order valence-corrected chi connectivity index (χ3v) is 4.95. The van der Waals surface area contributed by atoms with E-state index >= 15 is 0 Å². The molecule has 31 heavy (non-hydrogen) atoms. The van der Waals surface area contributed by atoms with Gasteiger partial charge in [0.25, 0.3) is 5.91 Å². The fraction of sp³-hybridized carbons (Fsp3) is 0.364. The maximum absolute atomic E-state index is 13.1. The predicted molar refractivity (Wildman–Crippen MR) is 110 cm³/mol. The lowest BCUT2D eigenvalue weighted by Gasteiger charge is -2.34. The van der Waals surface area contributed by atoms with Gasteiger partial charge in [-0.25, -0.2) is 0 Å². The lowest BCUT2D eigenvalue weighted by atomic mass is 10.1. The highest BCUT2D eigenvalue weighted by Crippen LogP contribution is 2.34. The number of ether oxygens (including phenoxy) is 1. The number of rotatable bonds is 6. The second-order valence-corrected chi connectivity index (χ2v) is 7.09. The molecule has 1 aliphatic heterocycles. The molecule has 1 N–H and O–H groups in total. The number of anilines is 1. The van der Waals surface area contributed by atoms with Crippen LogP contribution in [0.15, 0.2) is 48.5 Å². The topological polar surface area (TPSA) is 61.9 Å². The van der Waals surface area contributed by atoms with Crippen LogP contribution in [-0.4, -0.2) is 60.9 Å². The summed E-state index contributed by atoms with van der Waals surface area (Å²) >= 11 is 0. The monoisotopic (exact) mass is 435 g/mol. The van der Waals surface area contributed by atoms with Gasteiger partial charge in [-0.15, -0.1) is 0 Å². The molecule has 0 bridgehead atoms. The number of piperazine rings is 1. The average Bonchev–Trinajstić information content (AvgIpc) is 2.74. The molecule has 0 radical (unpaired) electrons. The standard InChI is InChI=1S/C22H24F3N3O3/c1-2-31-19-10-6-3-7-16(19)21(30)28-13-11-27(12-14-28)15-20(29)26-18-9-5-4-8-17(18)22(23,24)25/h3-10H,2,11-15H2,1H3,(H,26,29). The van der Waals surface area contributed by atoms with Crippen LogP contribution in [0, 0.1) is 0 Å². The molecular weight excluding hydrogens is 411 g/mol. The van der Waals surface area contributed by atoms with Gasteiger partial charge < -0.3 is 15.0 Å². The van der Waals surface area contributed by atoms with Gasteiger partial charge in [0.05, 0.1) is 30.0 Å². The first-order valence-corrected chi connectivity index (χ1v) is 9.99. The third-order valence-electron chi connectivity index (χ3n) is 4.95. The Bertz CT molecular complexity index is 925. The van der Waals surface area contributed by atoms with Gasteiger partial charge in [0.2, 0.25) is 5.91 Å². The van der Waals surface area contributed by atoms with Crippen LogP contribution in [-0.2, 0) is 11.0 Å². The smallest absolute Gasteiger partial charge is 0.418 e. The van der Waals surface area contributed by atoms with Crippen molar-refractivity contribution in [1.82, 2.24) is 9.80 Å². The van der Waals surface area contributed by atoms with Gasteiger partial charge >= 0.3 is 6.18 Å². The number of para-hydroxylation sites is 2. The molecule has 1 heterocycles. The summed E-state index contributed by atoms with van der Waals surface area (Å²) in [7, 11) is 0. The molecule has 0 saturated carbocycles. The van der Waals surface area contributed by atoms with Crippen LogP contribution < -0.4 is 10.1 Å². The van der Waals surface area contributed by atoms with Crippen molar-refractivity contribution in [2.24, 2.45) is 0 Å². The van der Waals surface area contributed by atoms with E-state index in [9.17, 15) is 22.8 Å². The summed E-state index contributed by atoms with van der Waals surface area (Å²) in [4.78, 5) is 28.6. The highest BCUT2D eigenvalue weighted by atomic mass is 19.4. The van der Waals surface area contributed by atoms with Crippen LogP contribution in [0.2, 0.25) is 0 Å². The van der Waals surface area contributed by atoms with E-state index in [0.29, 0.717) is 44.1 Å². The van der Waals surface area contributed by atoms with E-state index in [2.05, 4.69) is 5.32 Å². The van der Waals surface area contributed by atoms with Crippen molar-refractivity contribution in [2.75, 3.05) is 44.6 Å². The Kier molecular flexibility index (Phi) is 7.17. The zero-order valence-corrected chi connectivity index (χ0v) is 17.1. The van der Waals surface area contributed by atoms with Gasteiger partial charge in [-0.2, -0.15) is 13.2 Å². The minimum Gasteiger partial charge on any atom is -0.493 e. The number of carbonyl (C=O) groups excluding carboxylic acids is 2.